The average molecular weight is 487 g/mol. The Kier molecular flexibility index (Phi) is 10.6. The van der Waals surface area contributed by atoms with Crippen LogP contribution in [-0.2, 0) is 5.41 Å². The van der Waals surface area contributed by atoms with Crippen molar-refractivity contribution in [1.29, 1.82) is 0 Å². The number of guanidine groups is 1. The molecule has 1 fully saturated rings. The Labute approximate surface area is 183 Å². The smallest absolute Gasteiger partial charge is 0.191 e. The maximum atomic E-state index is 4.39. The molecule has 27 heavy (non-hydrogen) atoms. The monoisotopic (exact) mass is 487 g/mol. The van der Waals surface area contributed by atoms with E-state index < -0.39 is 0 Å². The average Bonchev–Trinajstić information content (AvgIpc) is 2.68. The number of hydrogen-bond acceptors (Lipinski definition) is 3. The Morgan fingerprint density at radius 1 is 1.11 bits per heavy atom. The zero-order valence-corrected chi connectivity index (χ0v) is 20.0. The van der Waals surface area contributed by atoms with Gasteiger partial charge in [-0.25, -0.2) is 0 Å². The summed E-state index contributed by atoms with van der Waals surface area (Å²) >= 11 is 0. The molecule has 6 heteroatoms. The number of nitrogens with zero attached hydrogens (tertiary/aromatic N) is 3. The molecule has 0 aromatic heterocycles. The molecular weight excluding hydrogens is 449 g/mol. The topological polar surface area (TPSA) is 42.9 Å². The fourth-order valence-electron chi connectivity index (χ4n) is 3.41. The number of nitrogens with one attached hydrogen (secondary N) is 2. The van der Waals surface area contributed by atoms with E-state index in [0.29, 0.717) is 6.04 Å². The van der Waals surface area contributed by atoms with Crippen molar-refractivity contribution < 1.29 is 0 Å². The van der Waals surface area contributed by atoms with Gasteiger partial charge in [0.2, 0.25) is 0 Å². The highest BCUT2D eigenvalue weighted by atomic mass is 127. The molecular formula is C21H38IN5. The van der Waals surface area contributed by atoms with Crippen LogP contribution in [0.4, 0.5) is 0 Å². The van der Waals surface area contributed by atoms with Gasteiger partial charge in [-0.2, -0.15) is 0 Å². The number of benzene rings is 1. The van der Waals surface area contributed by atoms with Crippen LogP contribution in [0.1, 0.15) is 33.3 Å². The highest BCUT2D eigenvalue weighted by Crippen LogP contribution is 2.21. The van der Waals surface area contributed by atoms with Gasteiger partial charge < -0.3 is 15.5 Å². The quantitative estimate of drug-likeness (QED) is 0.353. The minimum atomic E-state index is 0. The van der Waals surface area contributed by atoms with Crippen molar-refractivity contribution >= 4 is 29.9 Å². The fraction of sp³-hybridized carbons (Fsp3) is 0.667. The number of rotatable bonds is 7. The minimum Gasteiger partial charge on any atom is -0.356 e. The molecule has 0 spiro atoms. The van der Waals surface area contributed by atoms with E-state index in [2.05, 4.69) is 83.5 Å². The lowest BCUT2D eigenvalue weighted by Gasteiger charge is -2.37. The molecule has 5 nitrogen and oxygen atoms in total. The SMILES string of the molecule is CCN1CCN(C(C)CNC(=NC)NCC(C)(C)c2ccccc2)CC1.I. The number of aliphatic imine (C=N–C) groups is 1. The van der Waals surface area contributed by atoms with Crippen LogP contribution in [0.2, 0.25) is 0 Å². The normalized spacial score (nSPS) is 17.9. The summed E-state index contributed by atoms with van der Waals surface area (Å²) in [6, 6.07) is 11.2. The predicted octanol–water partition coefficient (Wildman–Crippen LogP) is 2.77. The number of likely N-dealkylation sites (N-methyl/N-ethyl adjacent to an activating group) is 1. The van der Waals surface area contributed by atoms with Gasteiger partial charge in [-0.1, -0.05) is 51.1 Å². The Bertz CT molecular complexity index is 553. The highest BCUT2D eigenvalue weighted by molar-refractivity contribution is 14.0. The van der Waals surface area contributed by atoms with E-state index in [0.717, 1.165) is 38.7 Å². The molecule has 1 atom stereocenters. The molecule has 1 aliphatic rings. The van der Waals surface area contributed by atoms with Gasteiger partial charge in [0.05, 0.1) is 0 Å². The molecule has 154 valence electrons. The summed E-state index contributed by atoms with van der Waals surface area (Å²) < 4.78 is 0. The van der Waals surface area contributed by atoms with Crippen LogP contribution in [0.25, 0.3) is 0 Å². The van der Waals surface area contributed by atoms with Crippen LogP contribution in [-0.4, -0.2) is 74.7 Å². The molecule has 2 N–H and O–H groups in total. The first kappa shape index (κ1) is 24.2. The van der Waals surface area contributed by atoms with Crippen LogP contribution in [0.15, 0.2) is 35.3 Å². The Balaban J connectivity index is 0.00000364. The second kappa shape index (κ2) is 11.9. The van der Waals surface area contributed by atoms with Gasteiger partial charge in [0.1, 0.15) is 0 Å². The largest absolute Gasteiger partial charge is 0.356 e. The summed E-state index contributed by atoms with van der Waals surface area (Å²) in [5.41, 5.74) is 1.39. The lowest BCUT2D eigenvalue weighted by Crippen LogP contribution is -2.53. The lowest BCUT2D eigenvalue weighted by molar-refractivity contribution is 0.107. The highest BCUT2D eigenvalue weighted by Gasteiger charge is 2.22. The zero-order chi connectivity index (χ0) is 19.0. The van der Waals surface area contributed by atoms with Crippen LogP contribution < -0.4 is 10.6 Å². The van der Waals surface area contributed by atoms with Gasteiger partial charge in [-0.05, 0) is 19.0 Å². The summed E-state index contributed by atoms with van der Waals surface area (Å²) in [5, 5.41) is 6.99. The van der Waals surface area contributed by atoms with Crippen molar-refractivity contribution in [2.24, 2.45) is 4.99 Å². The Hall–Kier alpha value is -0.860. The molecule has 0 amide bonds. The van der Waals surface area contributed by atoms with E-state index in [4.69, 9.17) is 0 Å². The van der Waals surface area contributed by atoms with Crippen LogP contribution in [0.3, 0.4) is 0 Å². The second-order valence-electron chi connectivity index (χ2n) is 7.88. The van der Waals surface area contributed by atoms with Crippen molar-refractivity contribution in [3.63, 3.8) is 0 Å². The standard InChI is InChI=1S/C21H37N5.HI/c1-6-25-12-14-26(15-13-25)18(2)16-23-20(22-5)24-17-21(3,4)19-10-8-7-9-11-19;/h7-11,18H,6,12-17H2,1-5H3,(H2,22,23,24);1H. The molecule has 0 aliphatic carbocycles. The van der Waals surface area contributed by atoms with E-state index in [-0.39, 0.29) is 29.4 Å². The van der Waals surface area contributed by atoms with Gasteiger partial charge in [-0.3, -0.25) is 9.89 Å². The molecule has 1 heterocycles. The van der Waals surface area contributed by atoms with E-state index in [9.17, 15) is 0 Å². The molecule has 2 rings (SSSR count). The van der Waals surface area contributed by atoms with Crippen molar-refractivity contribution in [2.75, 3.05) is 52.9 Å². The summed E-state index contributed by atoms with van der Waals surface area (Å²) in [7, 11) is 1.84. The fourth-order valence-corrected chi connectivity index (χ4v) is 3.41. The summed E-state index contributed by atoms with van der Waals surface area (Å²) in [5.74, 6) is 0.882. The first-order chi connectivity index (χ1) is 12.5. The summed E-state index contributed by atoms with van der Waals surface area (Å²) in [4.78, 5) is 9.48. The van der Waals surface area contributed by atoms with E-state index >= 15 is 0 Å². The van der Waals surface area contributed by atoms with E-state index in [1.165, 1.54) is 18.7 Å². The van der Waals surface area contributed by atoms with Gasteiger partial charge in [0, 0.05) is 57.8 Å². The maximum Gasteiger partial charge on any atom is 0.191 e. The second-order valence-corrected chi connectivity index (χ2v) is 7.88. The molecule has 1 aromatic carbocycles. The van der Waals surface area contributed by atoms with Crippen molar-refractivity contribution in [1.82, 2.24) is 20.4 Å². The lowest BCUT2D eigenvalue weighted by atomic mass is 9.85. The number of hydrogen-bond donors (Lipinski definition) is 2. The predicted molar refractivity (Wildman–Crippen MR) is 127 cm³/mol. The number of piperazine rings is 1. The van der Waals surface area contributed by atoms with Crippen molar-refractivity contribution in [3.8, 4) is 0 Å². The third-order valence-corrected chi connectivity index (χ3v) is 5.52. The summed E-state index contributed by atoms with van der Waals surface area (Å²) in [6.07, 6.45) is 0. The molecule has 0 saturated carbocycles. The minimum absolute atomic E-state index is 0. The summed E-state index contributed by atoms with van der Waals surface area (Å²) in [6.45, 7) is 16.7. The van der Waals surface area contributed by atoms with E-state index in [1.807, 2.05) is 7.05 Å². The van der Waals surface area contributed by atoms with Gasteiger partial charge >= 0.3 is 0 Å². The van der Waals surface area contributed by atoms with Crippen molar-refractivity contribution in [3.05, 3.63) is 35.9 Å². The Morgan fingerprint density at radius 3 is 2.30 bits per heavy atom. The number of halogens is 1. The van der Waals surface area contributed by atoms with E-state index in [1.54, 1.807) is 0 Å². The van der Waals surface area contributed by atoms with Crippen molar-refractivity contribution in [2.45, 2.75) is 39.2 Å². The zero-order valence-electron chi connectivity index (χ0n) is 17.7. The Morgan fingerprint density at radius 2 is 1.74 bits per heavy atom. The van der Waals surface area contributed by atoms with Crippen LogP contribution in [0.5, 0.6) is 0 Å². The molecule has 0 radical (unpaired) electrons. The first-order valence-corrected chi connectivity index (χ1v) is 9.92. The van der Waals surface area contributed by atoms with Crippen LogP contribution in [0, 0.1) is 0 Å². The van der Waals surface area contributed by atoms with Gasteiger partial charge in [-0.15, -0.1) is 24.0 Å². The first-order valence-electron chi connectivity index (χ1n) is 9.92. The molecule has 1 aromatic rings. The third-order valence-electron chi connectivity index (χ3n) is 5.52. The molecule has 1 aliphatic heterocycles. The van der Waals surface area contributed by atoms with Gasteiger partial charge in [0.25, 0.3) is 0 Å². The third kappa shape index (κ3) is 7.58. The molecule has 0 bridgehead atoms. The molecule has 1 saturated heterocycles. The van der Waals surface area contributed by atoms with Crippen LogP contribution >= 0.6 is 24.0 Å². The maximum absolute atomic E-state index is 4.39. The molecule has 1 unspecified atom stereocenters. The van der Waals surface area contributed by atoms with Gasteiger partial charge in [0.15, 0.2) is 5.96 Å².